The van der Waals surface area contributed by atoms with Crippen LogP contribution < -0.4 is 5.73 Å². The van der Waals surface area contributed by atoms with E-state index in [1.54, 1.807) is 0 Å². The van der Waals surface area contributed by atoms with E-state index in [9.17, 15) is 4.79 Å². The van der Waals surface area contributed by atoms with Gasteiger partial charge in [-0.25, -0.2) is 0 Å². The highest BCUT2D eigenvalue weighted by atomic mass is 16.2. The summed E-state index contributed by atoms with van der Waals surface area (Å²) in [4.78, 5) is 14.4. The Labute approximate surface area is 127 Å². The average Bonchev–Trinajstić information content (AvgIpc) is 2.94. The lowest BCUT2D eigenvalue weighted by molar-refractivity contribution is -0.130. The molecule has 0 bridgehead atoms. The van der Waals surface area contributed by atoms with Crippen molar-refractivity contribution in [3.63, 3.8) is 0 Å². The van der Waals surface area contributed by atoms with Crippen LogP contribution in [0.25, 0.3) is 0 Å². The summed E-state index contributed by atoms with van der Waals surface area (Å²) in [7, 11) is 0. The first kappa shape index (κ1) is 14.6. The highest BCUT2D eigenvalue weighted by Gasteiger charge is 2.39. The Morgan fingerprint density at radius 2 is 2.00 bits per heavy atom. The molecular formula is C18H26N2O. The molecule has 21 heavy (non-hydrogen) atoms. The topological polar surface area (TPSA) is 46.3 Å². The molecule has 1 aliphatic carbocycles. The van der Waals surface area contributed by atoms with Crippen molar-refractivity contribution < 1.29 is 4.79 Å². The van der Waals surface area contributed by atoms with Crippen molar-refractivity contribution in [2.45, 2.75) is 44.6 Å². The number of rotatable bonds is 4. The first-order valence-corrected chi connectivity index (χ1v) is 8.31. The molecule has 1 aliphatic heterocycles. The third-order valence-corrected chi connectivity index (χ3v) is 5.21. The maximum atomic E-state index is 12.4. The number of nitrogens with zero attached hydrogens (tertiary/aromatic N) is 1. The van der Waals surface area contributed by atoms with Gasteiger partial charge in [0.15, 0.2) is 0 Å². The summed E-state index contributed by atoms with van der Waals surface area (Å²) in [5, 5.41) is 0. The number of amides is 1. The van der Waals surface area contributed by atoms with Crippen LogP contribution in [0.5, 0.6) is 0 Å². The minimum Gasteiger partial charge on any atom is -0.342 e. The molecule has 1 saturated carbocycles. The summed E-state index contributed by atoms with van der Waals surface area (Å²) in [6.07, 6.45) is 6.23. The molecule has 114 valence electrons. The summed E-state index contributed by atoms with van der Waals surface area (Å²) in [6, 6.07) is 10.7. The largest absolute Gasteiger partial charge is 0.342 e. The molecule has 0 radical (unpaired) electrons. The molecule has 3 nitrogen and oxygen atoms in total. The van der Waals surface area contributed by atoms with Gasteiger partial charge in [-0.3, -0.25) is 4.79 Å². The lowest BCUT2D eigenvalue weighted by Crippen LogP contribution is -2.38. The second-order valence-electron chi connectivity index (χ2n) is 6.66. The zero-order chi connectivity index (χ0) is 14.7. The summed E-state index contributed by atoms with van der Waals surface area (Å²) < 4.78 is 0. The zero-order valence-corrected chi connectivity index (χ0v) is 12.7. The van der Waals surface area contributed by atoms with E-state index < -0.39 is 0 Å². The lowest BCUT2D eigenvalue weighted by Gasteiger charge is -2.29. The van der Waals surface area contributed by atoms with Crippen molar-refractivity contribution in [3.05, 3.63) is 35.9 Å². The van der Waals surface area contributed by atoms with E-state index in [0.717, 1.165) is 32.4 Å². The van der Waals surface area contributed by atoms with E-state index in [2.05, 4.69) is 29.2 Å². The minimum absolute atomic E-state index is 0.311. The molecule has 2 fully saturated rings. The number of carbonyl (C=O) groups excluding carboxylic acids is 1. The monoisotopic (exact) mass is 286 g/mol. The van der Waals surface area contributed by atoms with Gasteiger partial charge in [0.05, 0.1) is 0 Å². The fourth-order valence-electron chi connectivity index (χ4n) is 3.97. The van der Waals surface area contributed by atoms with Gasteiger partial charge in [-0.15, -0.1) is 0 Å². The average molecular weight is 286 g/mol. The smallest absolute Gasteiger partial charge is 0.222 e. The number of hydrogen-bond donors (Lipinski definition) is 1. The van der Waals surface area contributed by atoms with Gasteiger partial charge in [0.2, 0.25) is 5.91 Å². The maximum Gasteiger partial charge on any atom is 0.222 e. The van der Waals surface area contributed by atoms with Crippen molar-refractivity contribution in [2.24, 2.45) is 17.6 Å². The van der Waals surface area contributed by atoms with E-state index in [1.165, 1.54) is 18.4 Å². The molecule has 3 heteroatoms. The molecule has 3 atom stereocenters. The second-order valence-corrected chi connectivity index (χ2v) is 6.66. The maximum absolute atomic E-state index is 12.4. The molecule has 3 rings (SSSR count). The first-order valence-electron chi connectivity index (χ1n) is 8.31. The predicted octanol–water partition coefficient (Wildman–Crippen LogP) is 2.60. The van der Waals surface area contributed by atoms with Crippen LogP contribution >= 0.6 is 0 Å². The van der Waals surface area contributed by atoms with E-state index in [0.29, 0.717) is 30.2 Å². The Bertz CT molecular complexity index is 473. The molecular weight excluding hydrogens is 260 g/mol. The van der Waals surface area contributed by atoms with Gasteiger partial charge in [-0.05, 0) is 43.1 Å². The highest BCUT2D eigenvalue weighted by Crippen LogP contribution is 2.35. The Balaban J connectivity index is 1.46. The number of hydrogen-bond acceptors (Lipinski definition) is 2. The van der Waals surface area contributed by atoms with Gasteiger partial charge in [0.25, 0.3) is 0 Å². The molecule has 2 N–H and O–H groups in total. The molecule has 1 aromatic carbocycles. The third-order valence-electron chi connectivity index (χ3n) is 5.21. The SMILES string of the molecule is NC1CCCC2CN(C(=O)CCCc3ccccc3)CC12. The van der Waals surface area contributed by atoms with Crippen LogP contribution in [0.3, 0.4) is 0 Å². The van der Waals surface area contributed by atoms with Crippen molar-refractivity contribution >= 4 is 5.91 Å². The summed E-state index contributed by atoms with van der Waals surface area (Å²) in [6.45, 7) is 1.85. The Hall–Kier alpha value is -1.35. The first-order chi connectivity index (χ1) is 10.2. The van der Waals surface area contributed by atoms with Gasteiger partial charge in [-0.1, -0.05) is 36.8 Å². The molecule has 3 unspecified atom stereocenters. The lowest BCUT2D eigenvalue weighted by atomic mass is 9.78. The summed E-state index contributed by atoms with van der Waals surface area (Å²) in [5.41, 5.74) is 7.54. The quantitative estimate of drug-likeness (QED) is 0.924. The standard InChI is InChI=1S/C18H26N2O/c19-17-10-5-9-15-12-20(13-16(15)17)18(21)11-4-8-14-6-2-1-3-7-14/h1-3,6-7,15-17H,4-5,8-13,19H2. The van der Waals surface area contributed by atoms with Crippen molar-refractivity contribution in [1.29, 1.82) is 0 Å². The van der Waals surface area contributed by atoms with Crippen LogP contribution in [-0.4, -0.2) is 29.9 Å². The van der Waals surface area contributed by atoms with Gasteiger partial charge >= 0.3 is 0 Å². The Kier molecular flexibility index (Phi) is 4.59. The third kappa shape index (κ3) is 3.46. The van der Waals surface area contributed by atoms with E-state index in [4.69, 9.17) is 5.73 Å². The second kappa shape index (κ2) is 6.61. The van der Waals surface area contributed by atoms with Gasteiger partial charge in [0, 0.05) is 25.6 Å². The van der Waals surface area contributed by atoms with Gasteiger partial charge in [0.1, 0.15) is 0 Å². The van der Waals surface area contributed by atoms with E-state index >= 15 is 0 Å². The summed E-state index contributed by atoms with van der Waals surface area (Å²) >= 11 is 0. The van der Waals surface area contributed by atoms with Crippen LogP contribution in [0.15, 0.2) is 30.3 Å². The molecule has 1 heterocycles. The highest BCUT2D eigenvalue weighted by molar-refractivity contribution is 5.76. The van der Waals surface area contributed by atoms with Crippen LogP contribution in [0.1, 0.15) is 37.7 Å². The number of carbonyl (C=O) groups is 1. The molecule has 1 amide bonds. The molecule has 0 spiro atoms. The van der Waals surface area contributed by atoms with E-state index in [1.807, 2.05) is 6.07 Å². The van der Waals surface area contributed by atoms with Crippen LogP contribution in [0.2, 0.25) is 0 Å². The summed E-state index contributed by atoms with van der Waals surface area (Å²) in [5.74, 6) is 1.54. The van der Waals surface area contributed by atoms with Crippen LogP contribution in [0.4, 0.5) is 0 Å². The molecule has 1 saturated heterocycles. The fraction of sp³-hybridized carbons (Fsp3) is 0.611. The number of nitrogens with two attached hydrogens (primary N) is 1. The fourth-order valence-corrected chi connectivity index (χ4v) is 3.97. The van der Waals surface area contributed by atoms with Gasteiger partial charge < -0.3 is 10.6 Å². The predicted molar refractivity (Wildman–Crippen MR) is 84.8 cm³/mol. The van der Waals surface area contributed by atoms with Crippen molar-refractivity contribution in [1.82, 2.24) is 4.90 Å². The number of fused-ring (bicyclic) bond motifs is 1. The number of likely N-dealkylation sites (tertiary alicyclic amines) is 1. The molecule has 2 aliphatic rings. The Morgan fingerprint density at radius 1 is 1.19 bits per heavy atom. The van der Waals surface area contributed by atoms with Crippen molar-refractivity contribution in [2.75, 3.05) is 13.1 Å². The van der Waals surface area contributed by atoms with Crippen LogP contribution in [0, 0.1) is 11.8 Å². The number of benzene rings is 1. The van der Waals surface area contributed by atoms with Crippen LogP contribution in [-0.2, 0) is 11.2 Å². The van der Waals surface area contributed by atoms with E-state index in [-0.39, 0.29) is 0 Å². The van der Waals surface area contributed by atoms with Gasteiger partial charge in [-0.2, -0.15) is 0 Å². The van der Waals surface area contributed by atoms with Crippen molar-refractivity contribution in [3.8, 4) is 0 Å². The molecule has 1 aromatic rings. The normalized spacial score (nSPS) is 28.4. The Morgan fingerprint density at radius 3 is 2.76 bits per heavy atom. The minimum atomic E-state index is 0.311. The zero-order valence-electron chi connectivity index (χ0n) is 12.7. The molecule has 0 aromatic heterocycles. The number of aryl methyl sites for hydroxylation is 1.